The van der Waals surface area contributed by atoms with Crippen LogP contribution in [-0.2, 0) is 7.05 Å². The number of nitrogens with one attached hydrogen (secondary N) is 1. The van der Waals surface area contributed by atoms with Crippen molar-refractivity contribution in [2.45, 2.75) is 6.92 Å². The maximum absolute atomic E-state index is 12.5. The van der Waals surface area contributed by atoms with Crippen molar-refractivity contribution in [1.29, 1.82) is 0 Å². The van der Waals surface area contributed by atoms with Gasteiger partial charge in [-0.2, -0.15) is 0 Å². The first-order valence-electron chi connectivity index (χ1n) is 7.88. The Morgan fingerprint density at radius 3 is 2.88 bits per heavy atom. The number of carbonyl (C=O) groups is 1. The molecule has 130 valence electrons. The summed E-state index contributed by atoms with van der Waals surface area (Å²) < 4.78 is 7.37. The number of thiazole rings is 1. The quantitative estimate of drug-likeness (QED) is 0.595. The summed E-state index contributed by atoms with van der Waals surface area (Å²) in [5.41, 5.74) is 1.88. The van der Waals surface area contributed by atoms with Crippen molar-refractivity contribution in [2.75, 3.05) is 5.32 Å². The van der Waals surface area contributed by atoms with Crippen LogP contribution in [-0.4, -0.2) is 25.7 Å². The number of benzene rings is 1. The number of hydrogen-bond acceptors (Lipinski definition) is 6. The highest BCUT2D eigenvalue weighted by atomic mass is 32.1. The maximum atomic E-state index is 12.5. The molecule has 0 aliphatic rings. The van der Waals surface area contributed by atoms with E-state index in [1.807, 2.05) is 54.9 Å². The molecular formula is C18H15N5O2S. The van der Waals surface area contributed by atoms with Gasteiger partial charge in [0.1, 0.15) is 17.8 Å². The molecule has 0 saturated heterocycles. The van der Waals surface area contributed by atoms with Crippen molar-refractivity contribution in [3.05, 3.63) is 59.6 Å². The molecule has 3 heterocycles. The summed E-state index contributed by atoms with van der Waals surface area (Å²) in [7, 11) is 1.87. The van der Waals surface area contributed by atoms with Gasteiger partial charge in [0.25, 0.3) is 5.91 Å². The molecule has 0 saturated carbocycles. The predicted molar refractivity (Wildman–Crippen MR) is 98.9 cm³/mol. The average molecular weight is 365 g/mol. The van der Waals surface area contributed by atoms with E-state index in [4.69, 9.17) is 4.42 Å². The SMILES string of the molecule is Cc1ccc(-c2nc(C(=O)Nc3cccc(-c4nncn4C)c3)cs2)o1. The van der Waals surface area contributed by atoms with E-state index in [9.17, 15) is 4.79 Å². The van der Waals surface area contributed by atoms with Crippen LogP contribution in [0.1, 0.15) is 16.2 Å². The van der Waals surface area contributed by atoms with Gasteiger partial charge in [-0.3, -0.25) is 4.79 Å². The molecule has 7 nitrogen and oxygen atoms in total. The normalized spacial score (nSPS) is 10.8. The van der Waals surface area contributed by atoms with Gasteiger partial charge in [-0.1, -0.05) is 12.1 Å². The Hall–Kier alpha value is -3.26. The van der Waals surface area contributed by atoms with Gasteiger partial charge in [0.2, 0.25) is 0 Å². The van der Waals surface area contributed by atoms with Crippen LogP contribution >= 0.6 is 11.3 Å². The molecule has 0 bridgehead atoms. The summed E-state index contributed by atoms with van der Waals surface area (Å²) in [4.78, 5) is 16.9. The Morgan fingerprint density at radius 2 is 2.15 bits per heavy atom. The zero-order valence-corrected chi connectivity index (χ0v) is 14.9. The van der Waals surface area contributed by atoms with E-state index in [1.165, 1.54) is 11.3 Å². The van der Waals surface area contributed by atoms with Gasteiger partial charge < -0.3 is 14.3 Å². The van der Waals surface area contributed by atoms with Gasteiger partial charge in [-0.05, 0) is 31.2 Å². The minimum absolute atomic E-state index is 0.272. The molecular weight excluding hydrogens is 350 g/mol. The summed E-state index contributed by atoms with van der Waals surface area (Å²) in [6.45, 7) is 1.87. The molecule has 0 aliphatic carbocycles. The van der Waals surface area contributed by atoms with E-state index in [0.29, 0.717) is 22.1 Å². The average Bonchev–Trinajstić information content (AvgIpc) is 3.35. The number of aromatic nitrogens is 4. The van der Waals surface area contributed by atoms with Crippen molar-refractivity contribution < 1.29 is 9.21 Å². The highest BCUT2D eigenvalue weighted by molar-refractivity contribution is 7.13. The first-order valence-corrected chi connectivity index (χ1v) is 8.76. The zero-order chi connectivity index (χ0) is 18.1. The fourth-order valence-corrected chi connectivity index (χ4v) is 3.28. The van der Waals surface area contributed by atoms with Crippen LogP contribution in [0, 0.1) is 6.92 Å². The Kier molecular flexibility index (Phi) is 4.10. The smallest absolute Gasteiger partial charge is 0.275 e. The standard InChI is InChI=1S/C18H15N5O2S/c1-11-6-7-15(25-11)18-21-14(9-26-18)17(24)20-13-5-3-4-12(8-13)16-22-19-10-23(16)2/h3-10H,1-2H3,(H,20,24). The van der Waals surface area contributed by atoms with Crippen molar-refractivity contribution in [3.63, 3.8) is 0 Å². The number of aryl methyl sites for hydroxylation is 2. The van der Waals surface area contributed by atoms with Gasteiger partial charge in [-0.25, -0.2) is 4.98 Å². The second-order valence-electron chi connectivity index (χ2n) is 5.75. The van der Waals surface area contributed by atoms with Crippen LogP contribution in [0.2, 0.25) is 0 Å². The molecule has 0 atom stereocenters. The van der Waals surface area contributed by atoms with Crippen LogP contribution in [0.5, 0.6) is 0 Å². The molecule has 4 rings (SSSR count). The number of hydrogen-bond donors (Lipinski definition) is 1. The third-order valence-electron chi connectivity index (χ3n) is 3.78. The van der Waals surface area contributed by atoms with Gasteiger partial charge >= 0.3 is 0 Å². The molecule has 0 fully saturated rings. The fourth-order valence-electron chi connectivity index (χ4n) is 2.52. The van der Waals surface area contributed by atoms with E-state index in [-0.39, 0.29) is 5.91 Å². The van der Waals surface area contributed by atoms with Crippen molar-refractivity contribution in [3.8, 4) is 22.2 Å². The molecule has 0 radical (unpaired) electrons. The number of nitrogens with zero attached hydrogens (tertiary/aromatic N) is 4. The molecule has 8 heteroatoms. The Morgan fingerprint density at radius 1 is 1.27 bits per heavy atom. The third-order valence-corrected chi connectivity index (χ3v) is 4.63. The zero-order valence-electron chi connectivity index (χ0n) is 14.1. The highest BCUT2D eigenvalue weighted by Gasteiger charge is 2.14. The summed E-state index contributed by atoms with van der Waals surface area (Å²) in [5.74, 6) is 1.92. The Balaban J connectivity index is 1.54. The summed E-state index contributed by atoms with van der Waals surface area (Å²) in [5, 5.41) is 13.2. The minimum atomic E-state index is -0.272. The molecule has 0 spiro atoms. The van der Waals surface area contributed by atoms with Crippen LogP contribution in [0.3, 0.4) is 0 Å². The second-order valence-corrected chi connectivity index (χ2v) is 6.61. The third kappa shape index (κ3) is 3.14. The molecule has 4 aromatic rings. The summed E-state index contributed by atoms with van der Waals surface area (Å²) >= 11 is 1.37. The van der Waals surface area contributed by atoms with E-state index in [1.54, 1.807) is 11.7 Å². The van der Waals surface area contributed by atoms with E-state index >= 15 is 0 Å². The number of amides is 1. The summed E-state index contributed by atoms with van der Waals surface area (Å²) in [6, 6.07) is 11.2. The lowest BCUT2D eigenvalue weighted by Crippen LogP contribution is -2.12. The van der Waals surface area contributed by atoms with E-state index in [0.717, 1.165) is 17.1 Å². The lowest BCUT2D eigenvalue weighted by atomic mass is 10.2. The monoisotopic (exact) mass is 365 g/mol. The molecule has 1 amide bonds. The van der Waals surface area contributed by atoms with Crippen LogP contribution in [0.15, 0.2) is 52.5 Å². The molecule has 1 aromatic carbocycles. The predicted octanol–water partition coefficient (Wildman–Crippen LogP) is 3.76. The molecule has 1 N–H and O–H groups in total. The van der Waals surface area contributed by atoms with Crippen molar-refractivity contribution in [2.24, 2.45) is 7.05 Å². The van der Waals surface area contributed by atoms with Gasteiger partial charge in [0.15, 0.2) is 16.6 Å². The molecule has 3 aromatic heterocycles. The van der Waals surface area contributed by atoms with E-state index in [2.05, 4.69) is 20.5 Å². The first kappa shape index (κ1) is 16.2. The Bertz CT molecular complexity index is 1080. The van der Waals surface area contributed by atoms with Crippen LogP contribution in [0.25, 0.3) is 22.2 Å². The number of rotatable bonds is 4. The number of carbonyl (C=O) groups excluding carboxylic acids is 1. The molecule has 0 unspecified atom stereocenters. The molecule has 0 aliphatic heterocycles. The van der Waals surface area contributed by atoms with Gasteiger partial charge in [0, 0.05) is 23.7 Å². The van der Waals surface area contributed by atoms with Crippen molar-refractivity contribution in [1.82, 2.24) is 19.7 Å². The first-order chi connectivity index (χ1) is 12.6. The van der Waals surface area contributed by atoms with Gasteiger partial charge in [-0.15, -0.1) is 21.5 Å². The second kappa shape index (κ2) is 6.57. The number of furan rings is 1. The minimum Gasteiger partial charge on any atom is -0.459 e. The Labute approximate surface area is 153 Å². The van der Waals surface area contributed by atoms with Crippen LogP contribution < -0.4 is 5.32 Å². The number of anilines is 1. The summed E-state index contributed by atoms with van der Waals surface area (Å²) in [6.07, 6.45) is 1.63. The lowest BCUT2D eigenvalue weighted by Gasteiger charge is -2.06. The van der Waals surface area contributed by atoms with Crippen molar-refractivity contribution >= 4 is 22.9 Å². The lowest BCUT2D eigenvalue weighted by molar-refractivity contribution is 0.102. The maximum Gasteiger partial charge on any atom is 0.275 e. The highest BCUT2D eigenvalue weighted by Crippen LogP contribution is 2.26. The molecule has 26 heavy (non-hydrogen) atoms. The largest absolute Gasteiger partial charge is 0.459 e. The van der Waals surface area contributed by atoms with E-state index < -0.39 is 0 Å². The van der Waals surface area contributed by atoms with Gasteiger partial charge in [0.05, 0.1) is 0 Å². The van der Waals surface area contributed by atoms with Crippen LogP contribution in [0.4, 0.5) is 5.69 Å². The topological polar surface area (TPSA) is 85.8 Å². The fraction of sp³-hybridized carbons (Fsp3) is 0.111.